The number of carbonyl (C=O) groups is 1. The number of esters is 1. The maximum Gasteiger partial charge on any atom is 0.352 e. The van der Waals surface area contributed by atoms with Crippen molar-refractivity contribution < 1.29 is 19.0 Å². The number of rotatable bonds is 8. The van der Waals surface area contributed by atoms with Crippen LogP contribution in [0.3, 0.4) is 0 Å². The summed E-state index contributed by atoms with van der Waals surface area (Å²) in [5.41, 5.74) is 10.7. The van der Waals surface area contributed by atoms with Gasteiger partial charge >= 0.3 is 5.97 Å². The smallest absolute Gasteiger partial charge is 0.352 e. The topological polar surface area (TPSA) is 83.7 Å². The molecule has 172 valence electrons. The van der Waals surface area contributed by atoms with Crippen molar-refractivity contribution in [2.24, 2.45) is 0 Å². The molecule has 0 aliphatic carbocycles. The van der Waals surface area contributed by atoms with Crippen LogP contribution in [0, 0.1) is 0 Å². The van der Waals surface area contributed by atoms with Gasteiger partial charge in [-0.2, -0.15) is 0 Å². The van der Waals surface area contributed by atoms with Crippen LogP contribution in [0.25, 0.3) is 22.4 Å². The molecule has 0 bridgehead atoms. The number of nitrogens with zero attached hydrogens (tertiary/aromatic N) is 1. The fourth-order valence-electron chi connectivity index (χ4n) is 3.60. The van der Waals surface area contributed by atoms with E-state index in [-0.39, 0.29) is 12.5 Å². The molecule has 1 atom stereocenters. The lowest BCUT2D eigenvalue weighted by Gasteiger charge is -2.20. The molecule has 1 aromatic heterocycles. The lowest BCUT2D eigenvalue weighted by Crippen LogP contribution is -2.22. The standard InChI is InChI=1S/C28H26N2O4/c1-3-33-28(31)26(21-12-8-5-9-13-21)34-27-25(29)23(19-14-16-22(32-2)17-15-19)18-24(30-27)20-10-6-4-7-11-20/h4-18,26H,3,29H2,1-2H3. The van der Waals surface area contributed by atoms with Crippen LogP contribution in [0.4, 0.5) is 5.69 Å². The number of benzene rings is 3. The van der Waals surface area contributed by atoms with Gasteiger partial charge in [0.25, 0.3) is 0 Å². The van der Waals surface area contributed by atoms with Crippen molar-refractivity contribution in [3.05, 3.63) is 96.6 Å². The SMILES string of the molecule is CCOC(=O)C(Oc1nc(-c2ccccc2)cc(-c2ccc(OC)cc2)c1N)c1ccccc1. The minimum atomic E-state index is -1.01. The van der Waals surface area contributed by atoms with Crippen LogP contribution in [0.1, 0.15) is 18.6 Å². The van der Waals surface area contributed by atoms with Gasteiger partial charge in [0.15, 0.2) is 0 Å². The fraction of sp³-hybridized carbons (Fsp3) is 0.143. The van der Waals surface area contributed by atoms with E-state index >= 15 is 0 Å². The van der Waals surface area contributed by atoms with Crippen molar-refractivity contribution in [2.75, 3.05) is 19.5 Å². The van der Waals surface area contributed by atoms with E-state index < -0.39 is 12.1 Å². The second-order valence-electron chi connectivity index (χ2n) is 7.53. The number of hydrogen-bond donors (Lipinski definition) is 1. The number of carbonyl (C=O) groups excluding carboxylic acids is 1. The maximum absolute atomic E-state index is 12.8. The van der Waals surface area contributed by atoms with Crippen LogP contribution in [-0.2, 0) is 9.53 Å². The van der Waals surface area contributed by atoms with Crippen molar-refractivity contribution in [1.82, 2.24) is 4.98 Å². The first kappa shape index (κ1) is 22.9. The van der Waals surface area contributed by atoms with Gasteiger partial charge in [-0.1, -0.05) is 72.8 Å². The first-order chi connectivity index (χ1) is 16.6. The lowest BCUT2D eigenvalue weighted by molar-refractivity contribution is -0.151. The predicted octanol–water partition coefficient (Wildman–Crippen LogP) is 5.69. The highest BCUT2D eigenvalue weighted by Crippen LogP contribution is 2.38. The number of anilines is 1. The molecule has 0 saturated carbocycles. The summed E-state index contributed by atoms with van der Waals surface area (Å²) in [6.07, 6.45) is -1.01. The summed E-state index contributed by atoms with van der Waals surface area (Å²) in [4.78, 5) is 17.5. The van der Waals surface area contributed by atoms with E-state index in [2.05, 4.69) is 0 Å². The Morgan fingerprint density at radius 2 is 1.56 bits per heavy atom. The van der Waals surface area contributed by atoms with Gasteiger partial charge in [-0.15, -0.1) is 0 Å². The van der Waals surface area contributed by atoms with E-state index in [1.807, 2.05) is 91.0 Å². The minimum absolute atomic E-state index is 0.161. The second-order valence-corrected chi connectivity index (χ2v) is 7.53. The number of pyridine rings is 1. The third kappa shape index (κ3) is 5.02. The summed E-state index contributed by atoms with van der Waals surface area (Å²) in [5.74, 6) is 0.391. The van der Waals surface area contributed by atoms with Gasteiger partial charge in [0.05, 0.1) is 19.4 Å². The first-order valence-corrected chi connectivity index (χ1v) is 11.0. The van der Waals surface area contributed by atoms with Gasteiger partial charge in [-0.25, -0.2) is 9.78 Å². The third-order valence-corrected chi connectivity index (χ3v) is 5.33. The van der Waals surface area contributed by atoms with E-state index in [4.69, 9.17) is 24.9 Å². The highest BCUT2D eigenvalue weighted by atomic mass is 16.6. The van der Waals surface area contributed by atoms with Crippen molar-refractivity contribution >= 4 is 11.7 Å². The number of nitrogen functional groups attached to an aromatic ring is 1. The third-order valence-electron chi connectivity index (χ3n) is 5.33. The van der Waals surface area contributed by atoms with Gasteiger partial charge in [-0.3, -0.25) is 0 Å². The van der Waals surface area contributed by atoms with Crippen LogP contribution in [-0.4, -0.2) is 24.7 Å². The molecule has 1 unspecified atom stereocenters. The highest BCUT2D eigenvalue weighted by molar-refractivity contribution is 5.84. The van der Waals surface area contributed by atoms with Crippen molar-refractivity contribution in [2.45, 2.75) is 13.0 Å². The zero-order chi connectivity index (χ0) is 23.9. The van der Waals surface area contributed by atoms with Crippen molar-refractivity contribution in [3.63, 3.8) is 0 Å². The number of nitrogens with two attached hydrogens (primary N) is 1. The van der Waals surface area contributed by atoms with E-state index in [0.717, 1.165) is 22.4 Å². The van der Waals surface area contributed by atoms with Gasteiger partial charge in [0.2, 0.25) is 12.0 Å². The molecule has 0 saturated heterocycles. The molecule has 1 heterocycles. The summed E-state index contributed by atoms with van der Waals surface area (Å²) < 4.78 is 16.7. The first-order valence-electron chi connectivity index (χ1n) is 11.0. The molecule has 0 spiro atoms. The van der Waals surface area contributed by atoms with Gasteiger partial charge < -0.3 is 19.9 Å². The summed E-state index contributed by atoms with van der Waals surface area (Å²) in [5, 5.41) is 0. The molecule has 4 rings (SSSR count). The molecule has 0 aliphatic rings. The Balaban J connectivity index is 1.83. The molecule has 0 aliphatic heterocycles. The molecular weight excluding hydrogens is 428 g/mol. The average molecular weight is 455 g/mol. The molecule has 0 fully saturated rings. The Morgan fingerprint density at radius 3 is 2.18 bits per heavy atom. The molecule has 6 heteroatoms. The fourth-order valence-corrected chi connectivity index (χ4v) is 3.60. The Morgan fingerprint density at radius 1 is 0.912 bits per heavy atom. The minimum Gasteiger partial charge on any atom is -0.497 e. The van der Waals surface area contributed by atoms with E-state index in [0.29, 0.717) is 16.9 Å². The largest absolute Gasteiger partial charge is 0.497 e. The molecule has 6 nitrogen and oxygen atoms in total. The van der Waals surface area contributed by atoms with E-state index in [9.17, 15) is 4.79 Å². The van der Waals surface area contributed by atoms with E-state index in [1.54, 1.807) is 14.0 Å². The average Bonchev–Trinajstić information content (AvgIpc) is 2.89. The molecule has 4 aromatic rings. The summed E-state index contributed by atoms with van der Waals surface area (Å²) in [7, 11) is 1.62. The van der Waals surface area contributed by atoms with Crippen molar-refractivity contribution in [3.8, 4) is 34.0 Å². The van der Waals surface area contributed by atoms with Crippen LogP contribution < -0.4 is 15.2 Å². The second kappa shape index (κ2) is 10.5. The van der Waals surface area contributed by atoms with Crippen LogP contribution in [0.5, 0.6) is 11.6 Å². The Labute approximate surface area is 198 Å². The zero-order valence-electron chi connectivity index (χ0n) is 19.1. The van der Waals surface area contributed by atoms with Crippen LogP contribution in [0.15, 0.2) is 91.0 Å². The number of ether oxygens (including phenoxy) is 3. The maximum atomic E-state index is 12.8. The van der Waals surface area contributed by atoms with Crippen molar-refractivity contribution in [1.29, 1.82) is 0 Å². The number of methoxy groups -OCH3 is 1. The van der Waals surface area contributed by atoms with E-state index in [1.165, 1.54) is 0 Å². The molecule has 2 N–H and O–H groups in total. The Bertz CT molecular complexity index is 1240. The lowest BCUT2D eigenvalue weighted by atomic mass is 10.0. The Hall–Kier alpha value is -4.32. The monoisotopic (exact) mass is 454 g/mol. The summed E-state index contributed by atoms with van der Waals surface area (Å²) in [6, 6.07) is 28.4. The van der Waals surface area contributed by atoms with Gasteiger partial charge in [0, 0.05) is 16.7 Å². The zero-order valence-corrected chi connectivity index (χ0v) is 19.1. The number of aromatic nitrogens is 1. The normalized spacial score (nSPS) is 11.5. The van der Waals surface area contributed by atoms with Crippen LogP contribution in [0.2, 0.25) is 0 Å². The molecule has 0 amide bonds. The van der Waals surface area contributed by atoms with Gasteiger partial charge in [-0.05, 0) is 30.7 Å². The molecule has 34 heavy (non-hydrogen) atoms. The van der Waals surface area contributed by atoms with Gasteiger partial charge in [0.1, 0.15) is 11.4 Å². The Kier molecular flexibility index (Phi) is 7.08. The number of hydrogen-bond acceptors (Lipinski definition) is 6. The highest BCUT2D eigenvalue weighted by Gasteiger charge is 2.27. The predicted molar refractivity (Wildman–Crippen MR) is 133 cm³/mol. The summed E-state index contributed by atoms with van der Waals surface area (Å²) in [6.45, 7) is 1.99. The molecule has 0 radical (unpaired) electrons. The summed E-state index contributed by atoms with van der Waals surface area (Å²) >= 11 is 0. The van der Waals surface area contributed by atoms with Crippen LogP contribution >= 0.6 is 0 Å². The quantitative estimate of drug-likeness (QED) is 0.344. The molecule has 3 aromatic carbocycles. The molecular formula is C28H26N2O4.